The van der Waals surface area contributed by atoms with E-state index in [1.165, 1.54) is 0 Å². The summed E-state index contributed by atoms with van der Waals surface area (Å²) in [6.07, 6.45) is 0. The lowest BCUT2D eigenvalue weighted by atomic mass is 10.3. The molecule has 4 heteroatoms. The van der Waals surface area contributed by atoms with Gasteiger partial charge >= 0.3 is 0 Å². The average molecular weight is 139 g/mol. The summed E-state index contributed by atoms with van der Waals surface area (Å²) in [6, 6.07) is 0. The van der Waals surface area contributed by atoms with Gasteiger partial charge < -0.3 is 0 Å². The van der Waals surface area contributed by atoms with Gasteiger partial charge in [-0.2, -0.15) is 0 Å². The summed E-state index contributed by atoms with van der Waals surface area (Å²) in [5.41, 5.74) is 0. The van der Waals surface area contributed by atoms with Gasteiger partial charge in [0.1, 0.15) is 0 Å². The van der Waals surface area contributed by atoms with Crippen molar-refractivity contribution in [2.24, 2.45) is 5.14 Å². The van der Waals surface area contributed by atoms with Crippen LogP contribution in [0.15, 0.2) is 0 Å². The molecule has 0 aromatic carbocycles. The SMILES string of the molecule is CC(C)(C)S(N)(O)O. The molecule has 0 amide bonds. The summed E-state index contributed by atoms with van der Waals surface area (Å²) in [5.74, 6) is 0. The van der Waals surface area contributed by atoms with Gasteiger partial charge in [-0.3, -0.25) is 9.11 Å². The Morgan fingerprint density at radius 2 is 1.38 bits per heavy atom. The lowest BCUT2D eigenvalue weighted by Crippen LogP contribution is -2.29. The van der Waals surface area contributed by atoms with Gasteiger partial charge in [-0.15, -0.1) is 10.8 Å². The highest BCUT2D eigenvalue weighted by Gasteiger charge is 2.24. The molecule has 4 N–H and O–H groups in total. The van der Waals surface area contributed by atoms with Gasteiger partial charge in [-0.1, -0.05) is 0 Å². The fourth-order valence-corrected chi connectivity index (χ4v) is 0. The van der Waals surface area contributed by atoms with Crippen LogP contribution in [0, 0.1) is 0 Å². The third-order valence-electron chi connectivity index (χ3n) is 0.901. The molecular formula is C4H13NO2S. The first kappa shape index (κ1) is 8.23. The average Bonchev–Trinajstić information content (AvgIpc) is 1.25. The van der Waals surface area contributed by atoms with Gasteiger partial charge in [-0.25, -0.2) is 5.14 Å². The highest BCUT2D eigenvalue weighted by molar-refractivity contribution is 8.23. The van der Waals surface area contributed by atoms with E-state index in [-0.39, 0.29) is 0 Å². The monoisotopic (exact) mass is 139 g/mol. The van der Waals surface area contributed by atoms with Crippen LogP contribution in [0.25, 0.3) is 0 Å². The minimum absolute atomic E-state index is 0.590. The molecule has 0 rings (SSSR count). The van der Waals surface area contributed by atoms with E-state index in [2.05, 4.69) is 0 Å². The number of hydrogen-bond acceptors (Lipinski definition) is 3. The minimum atomic E-state index is -2.84. The third-order valence-corrected chi connectivity index (χ3v) is 2.70. The van der Waals surface area contributed by atoms with Gasteiger partial charge in [-0.05, 0) is 20.8 Å². The maximum absolute atomic E-state index is 8.77. The lowest BCUT2D eigenvalue weighted by molar-refractivity contribution is 0.452. The summed E-state index contributed by atoms with van der Waals surface area (Å²) in [7, 11) is -2.84. The first-order chi connectivity index (χ1) is 3.25. The van der Waals surface area contributed by atoms with E-state index in [1.807, 2.05) is 0 Å². The van der Waals surface area contributed by atoms with E-state index in [4.69, 9.17) is 14.2 Å². The number of hydrogen-bond donors (Lipinski definition) is 3. The van der Waals surface area contributed by atoms with Crippen molar-refractivity contribution < 1.29 is 9.11 Å². The van der Waals surface area contributed by atoms with E-state index >= 15 is 0 Å². The highest BCUT2D eigenvalue weighted by Crippen LogP contribution is 2.43. The van der Waals surface area contributed by atoms with Gasteiger partial charge in [0.15, 0.2) is 0 Å². The molecule has 0 aliphatic rings. The molecule has 0 unspecified atom stereocenters. The Morgan fingerprint density at radius 3 is 1.38 bits per heavy atom. The molecule has 0 radical (unpaired) electrons. The van der Waals surface area contributed by atoms with Crippen molar-refractivity contribution in [2.45, 2.75) is 25.5 Å². The molecule has 0 fully saturated rings. The topological polar surface area (TPSA) is 66.5 Å². The Kier molecular flexibility index (Phi) is 1.93. The third kappa shape index (κ3) is 2.00. The second-order valence-corrected chi connectivity index (χ2v) is 5.12. The summed E-state index contributed by atoms with van der Waals surface area (Å²) in [4.78, 5) is 0. The van der Waals surface area contributed by atoms with Crippen molar-refractivity contribution in [3.05, 3.63) is 0 Å². The largest absolute Gasteiger partial charge is 0.285 e. The molecule has 0 bridgehead atoms. The fraction of sp³-hybridized carbons (Fsp3) is 1.00. The van der Waals surface area contributed by atoms with Gasteiger partial charge in [0.05, 0.1) is 4.75 Å². The summed E-state index contributed by atoms with van der Waals surface area (Å²) >= 11 is 0. The van der Waals surface area contributed by atoms with Crippen molar-refractivity contribution in [3.8, 4) is 0 Å². The Bertz CT molecular complexity index is 69.0. The molecule has 0 heterocycles. The smallest absolute Gasteiger partial charge is 0.0660 e. The van der Waals surface area contributed by atoms with Gasteiger partial charge in [0.2, 0.25) is 0 Å². The van der Waals surface area contributed by atoms with Gasteiger partial charge in [0, 0.05) is 0 Å². The van der Waals surface area contributed by atoms with Crippen LogP contribution in [0.3, 0.4) is 0 Å². The van der Waals surface area contributed by atoms with Crippen LogP contribution in [0.5, 0.6) is 0 Å². The lowest BCUT2D eigenvalue weighted by Gasteiger charge is -2.39. The molecule has 0 aliphatic heterocycles. The Morgan fingerprint density at radius 1 is 1.25 bits per heavy atom. The molecule has 8 heavy (non-hydrogen) atoms. The Balaban J connectivity index is 4.02. The van der Waals surface area contributed by atoms with E-state index in [1.54, 1.807) is 20.8 Å². The molecule has 0 saturated heterocycles. The standard InChI is InChI=1S/C4H13NO2S/c1-4(2,3)8(5,6)7/h6-7H,5H2,1-3H3. The van der Waals surface area contributed by atoms with Crippen molar-refractivity contribution in [1.29, 1.82) is 0 Å². The second kappa shape index (κ2) is 1.88. The van der Waals surface area contributed by atoms with Crippen LogP contribution in [-0.2, 0) is 0 Å². The summed E-state index contributed by atoms with van der Waals surface area (Å²) in [6.45, 7) is 5.05. The Labute approximate surface area is 51.4 Å². The van der Waals surface area contributed by atoms with Gasteiger partial charge in [0.25, 0.3) is 0 Å². The maximum atomic E-state index is 8.77. The van der Waals surface area contributed by atoms with Crippen molar-refractivity contribution in [3.63, 3.8) is 0 Å². The Hall–Kier alpha value is 0.230. The highest BCUT2D eigenvalue weighted by atomic mass is 32.3. The van der Waals surface area contributed by atoms with Crippen molar-refractivity contribution in [1.82, 2.24) is 0 Å². The summed E-state index contributed by atoms with van der Waals surface area (Å²) in [5, 5.41) is 5.01. The molecule has 3 nitrogen and oxygen atoms in total. The zero-order valence-corrected chi connectivity index (χ0v) is 6.20. The van der Waals surface area contributed by atoms with E-state index in [0.717, 1.165) is 0 Å². The minimum Gasteiger partial charge on any atom is -0.285 e. The van der Waals surface area contributed by atoms with Crippen LogP contribution in [-0.4, -0.2) is 13.9 Å². The second-order valence-electron chi connectivity index (χ2n) is 2.71. The van der Waals surface area contributed by atoms with Crippen LogP contribution in [0.1, 0.15) is 20.8 Å². The maximum Gasteiger partial charge on any atom is 0.0660 e. The van der Waals surface area contributed by atoms with Crippen LogP contribution >= 0.6 is 10.8 Å². The van der Waals surface area contributed by atoms with Crippen LogP contribution in [0.2, 0.25) is 0 Å². The van der Waals surface area contributed by atoms with Crippen LogP contribution < -0.4 is 5.14 Å². The zero-order valence-electron chi connectivity index (χ0n) is 5.38. The number of nitrogens with two attached hydrogens (primary N) is 1. The zero-order chi connectivity index (χ0) is 7.00. The molecule has 0 atom stereocenters. The molecule has 0 aromatic rings. The molecular weight excluding hydrogens is 126 g/mol. The van der Waals surface area contributed by atoms with Crippen LogP contribution in [0.4, 0.5) is 0 Å². The first-order valence-electron chi connectivity index (χ1n) is 2.30. The normalized spacial score (nSPS) is 16.2. The van der Waals surface area contributed by atoms with E-state index in [9.17, 15) is 0 Å². The van der Waals surface area contributed by atoms with E-state index < -0.39 is 15.5 Å². The molecule has 0 spiro atoms. The molecule has 0 aliphatic carbocycles. The van der Waals surface area contributed by atoms with E-state index in [0.29, 0.717) is 0 Å². The quantitative estimate of drug-likeness (QED) is 0.475. The first-order valence-corrected chi connectivity index (χ1v) is 3.91. The number of rotatable bonds is 0. The summed E-state index contributed by atoms with van der Waals surface area (Å²) < 4.78 is 17.0. The molecule has 52 valence electrons. The predicted octanol–water partition coefficient (Wildman–Crippen LogP) is 1.41. The van der Waals surface area contributed by atoms with Crippen molar-refractivity contribution >= 4 is 10.8 Å². The molecule has 0 aromatic heterocycles. The molecule has 0 saturated carbocycles. The van der Waals surface area contributed by atoms with Crippen molar-refractivity contribution in [2.75, 3.05) is 0 Å². The predicted molar refractivity (Wildman–Crippen MR) is 36.8 cm³/mol. The fourth-order valence-electron chi connectivity index (χ4n) is 0.